The molecule has 1 aromatic heterocycles. The summed E-state index contributed by atoms with van der Waals surface area (Å²) >= 11 is 1.66. The van der Waals surface area contributed by atoms with Crippen LogP contribution in [0.4, 0.5) is 0 Å². The van der Waals surface area contributed by atoms with Gasteiger partial charge in [0, 0.05) is 9.75 Å². The topological polar surface area (TPSA) is 55.4 Å². The average Bonchev–Trinajstić information content (AvgIpc) is 2.65. The quantitative estimate of drug-likeness (QED) is 0.671. The van der Waals surface area contributed by atoms with Crippen LogP contribution < -0.4 is 5.32 Å². The number of thiophene rings is 1. The lowest BCUT2D eigenvalue weighted by Crippen LogP contribution is -2.43. The van der Waals surface area contributed by atoms with E-state index in [1.165, 1.54) is 10.4 Å². The van der Waals surface area contributed by atoms with Crippen LogP contribution in [0.1, 0.15) is 43.0 Å². The highest BCUT2D eigenvalue weighted by Crippen LogP contribution is 2.28. The minimum Gasteiger partial charge on any atom is -0.465 e. The van der Waals surface area contributed by atoms with E-state index in [2.05, 4.69) is 18.3 Å². The van der Waals surface area contributed by atoms with Crippen LogP contribution in [0.3, 0.4) is 0 Å². The first-order valence-corrected chi connectivity index (χ1v) is 7.98. The van der Waals surface area contributed by atoms with E-state index in [0.717, 1.165) is 4.88 Å². The second kappa shape index (κ2) is 7.07. The molecule has 4 nitrogen and oxygen atoms in total. The van der Waals surface area contributed by atoms with Gasteiger partial charge in [0.05, 0.1) is 13.2 Å². The van der Waals surface area contributed by atoms with Gasteiger partial charge in [-0.2, -0.15) is 0 Å². The fraction of sp³-hybridized carbons (Fsp3) is 0.625. The molecule has 21 heavy (non-hydrogen) atoms. The Labute approximate surface area is 130 Å². The van der Waals surface area contributed by atoms with Gasteiger partial charge in [-0.15, -0.1) is 11.3 Å². The summed E-state index contributed by atoms with van der Waals surface area (Å²) in [5, 5.41) is 2.86. The van der Waals surface area contributed by atoms with Gasteiger partial charge in [-0.05, 0) is 37.8 Å². The molecule has 5 heteroatoms. The maximum Gasteiger partial charge on any atom is 0.319 e. The fourth-order valence-electron chi connectivity index (χ4n) is 2.09. The number of ether oxygens (including phenoxy) is 1. The SMILES string of the molecule is CCOC(=O)C(C(=O)NCc1cc(C)c(C)s1)C(C)(C)C. The number of hydrogen-bond acceptors (Lipinski definition) is 4. The van der Waals surface area contributed by atoms with Gasteiger partial charge in [0.2, 0.25) is 5.91 Å². The van der Waals surface area contributed by atoms with Crippen LogP contribution in [-0.4, -0.2) is 18.5 Å². The smallest absolute Gasteiger partial charge is 0.319 e. The molecular weight excluding hydrogens is 286 g/mol. The monoisotopic (exact) mass is 311 g/mol. The van der Waals surface area contributed by atoms with Crippen molar-refractivity contribution < 1.29 is 14.3 Å². The number of hydrogen-bond donors (Lipinski definition) is 1. The highest BCUT2D eigenvalue weighted by molar-refractivity contribution is 7.12. The summed E-state index contributed by atoms with van der Waals surface area (Å²) in [7, 11) is 0. The molecule has 0 fully saturated rings. The summed E-state index contributed by atoms with van der Waals surface area (Å²) < 4.78 is 5.03. The fourth-order valence-corrected chi connectivity index (χ4v) is 3.09. The molecule has 0 saturated carbocycles. The summed E-state index contributed by atoms with van der Waals surface area (Å²) in [6, 6.07) is 2.07. The molecule has 118 valence electrons. The number of esters is 1. The third-order valence-electron chi connectivity index (χ3n) is 3.30. The number of carbonyl (C=O) groups excluding carboxylic acids is 2. The van der Waals surface area contributed by atoms with Gasteiger partial charge in [0.1, 0.15) is 5.92 Å². The van der Waals surface area contributed by atoms with E-state index in [-0.39, 0.29) is 12.5 Å². The van der Waals surface area contributed by atoms with E-state index in [9.17, 15) is 9.59 Å². The second-order valence-corrected chi connectivity index (χ2v) is 7.56. The normalized spacial score (nSPS) is 12.9. The van der Waals surface area contributed by atoms with Crippen LogP contribution in [0.2, 0.25) is 0 Å². The van der Waals surface area contributed by atoms with Crippen LogP contribution in [0, 0.1) is 25.2 Å². The largest absolute Gasteiger partial charge is 0.465 e. The lowest BCUT2D eigenvalue weighted by molar-refractivity contribution is -0.156. The van der Waals surface area contributed by atoms with E-state index in [0.29, 0.717) is 6.54 Å². The van der Waals surface area contributed by atoms with Crippen molar-refractivity contribution in [2.45, 2.75) is 48.1 Å². The zero-order valence-corrected chi connectivity index (χ0v) is 14.5. The zero-order valence-electron chi connectivity index (χ0n) is 13.7. The van der Waals surface area contributed by atoms with Gasteiger partial charge >= 0.3 is 5.97 Å². The standard InChI is InChI=1S/C16H25NO3S/c1-7-20-15(19)13(16(4,5)6)14(18)17-9-12-8-10(2)11(3)21-12/h8,13H,7,9H2,1-6H3,(H,17,18). The Hall–Kier alpha value is -1.36. The molecule has 0 bridgehead atoms. The molecule has 1 atom stereocenters. The molecule has 1 aromatic rings. The molecule has 0 aliphatic heterocycles. The summed E-state index contributed by atoms with van der Waals surface area (Å²) in [5.74, 6) is -1.52. The third-order valence-corrected chi connectivity index (χ3v) is 4.46. The average molecular weight is 311 g/mol. The highest BCUT2D eigenvalue weighted by Gasteiger charge is 2.38. The lowest BCUT2D eigenvalue weighted by atomic mass is 9.80. The Morgan fingerprint density at radius 1 is 1.33 bits per heavy atom. The molecular formula is C16H25NO3S. The molecule has 0 radical (unpaired) electrons. The van der Waals surface area contributed by atoms with Crippen LogP contribution >= 0.6 is 11.3 Å². The highest BCUT2D eigenvalue weighted by atomic mass is 32.1. The van der Waals surface area contributed by atoms with Crippen LogP contribution in [0.25, 0.3) is 0 Å². The molecule has 0 spiro atoms. The molecule has 1 rings (SSSR count). The van der Waals surface area contributed by atoms with Crippen molar-refractivity contribution in [2.75, 3.05) is 6.61 Å². The predicted octanol–water partition coefficient (Wildman–Crippen LogP) is 3.21. The summed E-state index contributed by atoms with van der Waals surface area (Å²) in [6.45, 7) is 12.2. The van der Waals surface area contributed by atoms with Crippen molar-refractivity contribution in [1.82, 2.24) is 5.32 Å². The van der Waals surface area contributed by atoms with E-state index in [1.807, 2.05) is 27.7 Å². The predicted molar refractivity (Wildman–Crippen MR) is 85.2 cm³/mol. The minimum absolute atomic E-state index is 0.273. The Kier molecular flexibility index (Phi) is 5.96. The molecule has 1 unspecified atom stereocenters. The van der Waals surface area contributed by atoms with Crippen LogP contribution in [0.5, 0.6) is 0 Å². The molecule has 0 aliphatic rings. The van der Waals surface area contributed by atoms with Gasteiger partial charge in [0.25, 0.3) is 0 Å². The van der Waals surface area contributed by atoms with Gasteiger partial charge < -0.3 is 10.1 Å². The number of carbonyl (C=O) groups is 2. The summed E-state index contributed by atoms with van der Waals surface area (Å²) in [4.78, 5) is 26.7. The van der Waals surface area contributed by atoms with Crippen molar-refractivity contribution >= 4 is 23.2 Å². The molecule has 1 amide bonds. The van der Waals surface area contributed by atoms with Gasteiger partial charge in [-0.1, -0.05) is 20.8 Å². The van der Waals surface area contributed by atoms with E-state index in [1.54, 1.807) is 18.3 Å². The van der Waals surface area contributed by atoms with E-state index < -0.39 is 17.3 Å². The zero-order chi connectivity index (χ0) is 16.2. The maximum absolute atomic E-state index is 12.4. The van der Waals surface area contributed by atoms with Crippen molar-refractivity contribution in [3.8, 4) is 0 Å². The lowest BCUT2D eigenvalue weighted by Gasteiger charge is -2.27. The van der Waals surface area contributed by atoms with Gasteiger partial charge in [-0.25, -0.2) is 0 Å². The van der Waals surface area contributed by atoms with Crippen molar-refractivity contribution in [3.05, 3.63) is 21.4 Å². The first kappa shape index (κ1) is 17.7. The van der Waals surface area contributed by atoms with Gasteiger partial charge in [-0.3, -0.25) is 9.59 Å². The summed E-state index contributed by atoms with van der Waals surface area (Å²) in [6.07, 6.45) is 0. The van der Waals surface area contributed by atoms with Crippen molar-refractivity contribution in [2.24, 2.45) is 11.3 Å². The Morgan fingerprint density at radius 2 is 1.95 bits per heavy atom. The Morgan fingerprint density at radius 3 is 2.38 bits per heavy atom. The second-order valence-electron chi connectivity index (χ2n) is 6.22. The summed E-state index contributed by atoms with van der Waals surface area (Å²) in [5.41, 5.74) is 0.750. The third kappa shape index (κ3) is 4.84. The minimum atomic E-state index is -0.792. The maximum atomic E-state index is 12.4. The van der Waals surface area contributed by atoms with E-state index in [4.69, 9.17) is 4.74 Å². The number of aryl methyl sites for hydroxylation is 2. The molecule has 0 aromatic carbocycles. The Bertz CT molecular complexity index is 495. The van der Waals surface area contributed by atoms with Crippen molar-refractivity contribution in [3.63, 3.8) is 0 Å². The first-order chi connectivity index (χ1) is 9.66. The molecule has 0 saturated heterocycles. The van der Waals surface area contributed by atoms with Crippen LogP contribution in [0.15, 0.2) is 6.07 Å². The number of rotatable bonds is 5. The van der Waals surface area contributed by atoms with Crippen LogP contribution in [-0.2, 0) is 20.9 Å². The Balaban J connectivity index is 2.75. The van der Waals surface area contributed by atoms with E-state index >= 15 is 0 Å². The molecule has 1 heterocycles. The number of nitrogens with one attached hydrogen (secondary N) is 1. The molecule has 1 N–H and O–H groups in total. The van der Waals surface area contributed by atoms with Crippen molar-refractivity contribution in [1.29, 1.82) is 0 Å². The first-order valence-electron chi connectivity index (χ1n) is 7.17. The number of amides is 1. The molecule has 0 aliphatic carbocycles. The van der Waals surface area contributed by atoms with Gasteiger partial charge in [0.15, 0.2) is 0 Å².